The van der Waals surface area contributed by atoms with E-state index in [2.05, 4.69) is 0 Å². The van der Waals surface area contributed by atoms with E-state index in [1.165, 1.54) is 0 Å². The first kappa shape index (κ1) is 26.4. The van der Waals surface area contributed by atoms with Crippen molar-refractivity contribution in [1.82, 2.24) is 0 Å². The molecule has 0 aliphatic carbocycles. The summed E-state index contributed by atoms with van der Waals surface area (Å²) in [7, 11) is 0. The van der Waals surface area contributed by atoms with Crippen molar-refractivity contribution < 1.29 is 17.1 Å². The van der Waals surface area contributed by atoms with E-state index in [4.69, 9.17) is 0 Å². The Labute approximate surface area is 112 Å². The van der Waals surface area contributed by atoms with Crippen molar-refractivity contribution >= 4 is 98.3 Å². The van der Waals surface area contributed by atoms with E-state index in [1.54, 1.807) is 0 Å². The van der Waals surface area contributed by atoms with Crippen molar-refractivity contribution in [3.05, 3.63) is 0 Å². The molecule has 4 heteroatoms. The van der Waals surface area contributed by atoms with E-state index in [9.17, 15) is 0 Å². The van der Waals surface area contributed by atoms with Crippen LogP contribution >= 0.6 is 29.4 Å². The van der Waals surface area contributed by atoms with Gasteiger partial charge in [-0.2, -0.15) is 0 Å². The molecule has 4 heavy (non-hydrogen) atoms. The van der Waals surface area contributed by atoms with Crippen molar-refractivity contribution in [2.75, 3.05) is 0 Å². The van der Waals surface area contributed by atoms with Gasteiger partial charge in [-0.1, -0.05) is 0 Å². The van der Waals surface area contributed by atoms with E-state index in [0.29, 0.717) is 0 Å². The zero-order chi connectivity index (χ0) is 0. The van der Waals surface area contributed by atoms with E-state index < -0.39 is 0 Å². The molecule has 0 amide bonds. The van der Waals surface area contributed by atoms with Crippen LogP contribution in [-0.4, -0.2) is 68.9 Å². The summed E-state index contributed by atoms with van der Waals surface area (Å²) in [5.41, 5.74) is 0. The molecule has 0 aliphatic heterocycles. The van der Waals surface area contributed by atoms with Gasteiger partial charge in [0.05, 0.1) is 0 Å². The molecule has 0 N–H and O–H groups in total. The Balaban J connectivity index is 0. The van der Waals surface area contributed by atoms with Gasteiger partial charge in [0.25, 0.3) is 0 Å². The smallest absolute Gasteiger partial charge is 0 e. The maximum absolute atomic E-state index is 0. The van der Waals surface area contributed by atoms with E-state index in [0.717, 1.165) is 0 Å². The molecular formula is H3BrClCsCu. The van der Waals surface area contributed by atoms with Crippen LogP contribution in [0.3, 0.4) is 0 Å². The van der Waals surface area contributed by atoms with Gasteiger partial charge in [-0.3, -0.25) is 0 Å². The third-order valence-corrected chi connectivity index (χ3v) is 0. The summed E-state index contributed by atoms with van der Waals surface area (Å²) in [4.78, 5) is 0. The SMILES string of the molecule is Br.Cl.[CsH].[Cu]. The minimum Gasteiger partial charge on any atom is 0 e. The molecule has 0 bridgehead atoms. The summed E-state index contributed by atoms with van der Waals surface area (Å²) in [5.74, 6) is 0. The third kappa shape index (κ3) is 9.02. The fraction of sp³-hybridized carbons (Fsp3) is 0. The van der Waals surface area contributed by atoms with Crippen molar-refractivity contribution in [2.45, 2.75) is 0 Å². The molecule has 0 fully saturated rings. The molecule has 0 spiro atoms. The van der Waals surface area contributed by atoms with Crippen LogP contribution in [0.2, 0.25) is 0 Å². The monoisotopic (exact) mass is 313 g/mol. The van der Waals surface area contributed by atoms with Crippen molar-refractivity contribution in [3.63, 3.8) is 0 Å². The quantitative estimate of drug-likeness (QED) is 0.566. The van der Waals surface area contributed by atoms with Gasteiger partial charge in [-0.15, -0.1) is 29.4 Å². The second-order valence-corrected chi connectivity index (χ2v) is 0. The molecule has 0 heterocycles. The molecule has 0 saturated heterocycles. The number of hydrogen-bond acceptors (Lipinski definition) is 0. The first-order valence-corrected chi connectivity index (χ1v) is 0. The predicted molar refractivity (Wildman–Crippen MR) is 24.7 cm³/mol. The molecule has 0 aromatic rings. The topological polar surface area (TPSA) is 0 Å². The molecule has 0 saturated carbocycles. The van der Waals surface area contributed by atoms with Crippen LogP contribution in [0.15, 0.2) is 0 Å². The van der Waals surface area contributed by atoms with Crippen molar-refractivity contribution in [1.29, 1.82) is 0 Å². The Morgan fingerprint density at radius 3 is 1.00 bits per heavy atom. The fourth-order valence-electron chi connectivity index (χ4n) is 0. The molecule has 1 radical (unpaired) electrons. The molecule has 0 atom stereocenters. The summed E-state index contributed by atoms with van der Waals surface area (Å²) >= 11 is 0. The van der Waals surface area contributed by atoms with Crippen LogP contribution in [-0.2, 0) is 17.1 Å². The first-order valence-electron chi connectivity index (χ1n) is 0. The van der Waals surface area contributed by atoms with Crippen LogP contribution in [0.1, 0.15) is 0 Å². The molecule has 0 unspecified atom stereocenters. The normalized spacial score (nSPS) is 0. The Morgan fingerprint density at radius 1 is 1.00 bits per heavy atom. The summed E-state index contributed by atoms with van der Waals surface area (Å²) in [6, 6.07) is 0. The summed E-state index contributed by atoms with van der Waals surface area (Å²) in [6.07, 6.45) is 0. The van der Waals surface area contributed by atoms with Crippen molar-refractivity contribution in [2.24, 2.45) is 0 Å². The van der Waals surface area contributed by atoms with E-state index in [-0.39, 0.29) is 115 Å². The minimum atomic E-state index is 0. The van der Waals surface area contributed by atoms with Gasteiger partial charge < -0.3 is 0 Å². The average Bonchev–Trinajstić information content (AvgIpc) is 0. The van der Waals surface area contributed by atoms with Crippen LogP contribution in [0.25, 0.3) is 0 Å². The van der Waals surface area contributed by atoms with Crippen LogP contribution < -0.4 is 0 Å². The van der Waals surface area contributed by atoms with Crippen LogP contribution in [0.5, 0.6) is 0 Å². The summed E-state index contributed by atoms with van der Waals surface area (Å²) in [6.45, 7) is 0. The predicted octanol–water partition coefficient (Wildman–Crippen LogP) is 0.349. The molecule has 0 rings (SSSR count). The standard InChI is InChI=1S/BrH.ClH.Cs.Cu.H/h2*1H;;;. The molecule has 0 aromatic heterocycles. The largest absolute Gasteiger partial charge is 0 e. The molecule has 0 aromatic carbocycles. The maximum atomic E-state index is 0. The minimum absolute atomic E-state index is 0. The van der Waals surface area contributed by atoms with Gasteiger partial charge in [0.1, 0.15) is 0 Å². The van der Waals surface area contributed by atoms with Gasteiger partial charge in [0, 0.05) is 17.1 Å². The third-order valence-electron chi connectivity index (χ3n) is 0. The van der Waals surface area contributed by atoms with Gasteiger partial charge in [-0.25, -0.2) is 0 Å². The average molecular weight is 315 g/mol. The Kier molecular flexibility index (Phi) is 107. The van der Waals surface area contributed by atoms with Gasteiger partial charge in [0.15, 0.2) is 0 Å². The molecular weight excluding hydrogens is 312 g/mol. The van der Waals surface area contributed by atoms with Crippen molar-refractivity contribution in [3.8, 4) is 0 Å². The van der Waals surface area contributed by atoms with Crippen LogP contribution in [0, 0.1) is 0 Å². The van der Waals surface area contributed by atoms with Gasteiger partial charge in [-0.05, 0) is 0 Å². The molecule has 0 nitrogen and oxygen atoms in total. The number of hydrogen-bond donors (Lipinski definition) is 0. The number of rotatable bonds is 0. The second kappa shape index (κ2) is 16.2. The van der Waals surface area contributed by atoms with Crippen LogP contribution in [0.4, 0.5) is 0 Å². The van der Waals surface area contributed by atoms with Gasteiger partial charge >= 0.3 is 68.9 Å². The van der Waals surface area contributed by atoms with E-state index in [1.807, 2.05) is 0 Å². The Morgan fingerprint density at radius 2 is 1.00 bits per heavy atom. The Hall–Kier alpha value is 3.34. The van der Waals surface area contributed by atoms with Gasteiger partial charge in [0.2, 0.25) is 0 Å². The molecule has 0 aliphatic rings. The fourth-order valence-corrected chi connectivity index (χ4v) is 0. The zero-order valence-corrected chi connectivity index (χ0v) is 4.59. The Bertz CT molecular complexity index is 8.00. The zero-order valence-electron chi connectivity index (χ0n) is 1.12. The molecule has 29 valence electrons. The summed E-state index contributed by atoms with van der Waals surface area (Å²) in [5, 5.41) is 0. The summed E-state index contributed by atoms with van der Waals surface area (Å²) < 4.78 is 0. The maximum Gasteiger partial charge on any atom is 0 e. The first-order chi connectivity index (χ1) is 0. The number of halogens is 2. The second-order valence-electron chi connectivity index (χ2n) is 0. The van der Waals surface area contributed by atoms with E-state index >= 15 is 0 Å².